The summed E-state index contributed by atoms with van der Waals surface area (Å²) in [5, 5.41) is 9.96. The highest BCUT2D eigenvalue weighted by atomic mass is 19.1. The number of nitrogens with one attached hydrogen (secondary N) is 2. The average molecular weight is 406 g/mol. The average Bonchev–Trinajstić information content (AvgIpc) is 3.17. The summed E-state index contributed by atoms with van der Waals surface area (Å²) in [7, 11) is 0. The minimum absolute atomic E-state index is 0.0611. The molecule has 2 N–H and O–H groups in total. The first-order chi connectivity index (χ1) is 14.3. The van der Waals surface area contributed by atoms with Gasteiger partial charge in [0.1, 0.15) is 17.7 Å². The third-order valence-electron chi connectivity index (χ3n) is 5.01. The van der Waals surface area contributed by atoms with Gasteiger partial charge >= 0.3 is 0 Å². The lowest BCUT2D eigenvalue weighted by atomic mass is 10.1. The largest absolute Gasteiger partial charge is 0.326 e. The van der Waals surface area contributed by atoms with Crippen molar-refractivity contribution in [2.45, 2.75) is 26.3 Å². The van der Waals surface area contributed by atoms with Crippen LogP contribution in [0.3, 0.4) is 0 Å². The predicted molar refractivity (Wildman–Crippen MR) is 110 cm³/mol. The van der Waals surface area contributed by atoms with E-state index in [2.05, 4.69) is 15.7 Å². The van der Waals surface area contributed by atoms with Gasteiger partial charge in [0.25, 0.3) is 5.91 Å². The zero-order valence-electron chi connectivity index (χ0n) is 16.4. The van der Waals surface area contributed by atoms with Gasteiger partial charge in [-0.3, -0.25) is 14.4 Å². The molecule has 2 heterocycles. The Kier molecular flexibility index (Phi) is 4.91. The summed E-state index contributed by atoms with van der Waals surface area (Å²) in [6.07, 6.45) is -0.0999. The summed E-state index contributed by atoms with van der Waals surface area (Å²) in [6.45, 7) is 3.26. The molecule has 1 aromatic heterocycles. The van der Waals surface area contributed by atoms with Gasteiger partial charge in [-0.05, 0) is 55.8 Å². The molecule has 0 fully saturated rings. The van der Waals surface area contributed by atoms with E-state index in [0.29, 0.717) is 28.3 Å². The van der Waals surface area contributed by atoms with Crippen LogP contribution in [-0.2, 0) is 9.59 Å². The molecule has 2 amide bonds. The van der Waals surface area contributed by atoms with Crippen molar-refractivity contribution in [1.82, 2.24) is 9.78 Å². The van der Waals surface area contributed by atoms with Crippen molar-refractivity contribution >= 4 is 29.1 Å². The van der Waals surface area contributed by atoms with Crippen molar-refractivity contribution in [3.8, 4) is 11.1 Å². The van der Waals surface area contributed by atoms with Gasteiger partial charge in [-0.25, -0.2) is 9.07 Å². The molecule has 0 spiro atoms. The van der Waals surface area contributed by atoms with Crippen LogP contribution < -0.4 is 10.6 Å². The lowest BCUT2D eigenvalue weighted by Gasteiger charge is -2.10. The van der Waals surface area contributed by atoms with Crippen molar-refractivity contribution in [1.29, 1.82) is 0 Å². The number of carbonyl (C=O) groups is 3. The van der Waals surface area contributed by atoms with Crippen molar-refractivity contribution in [2.75, 3.05) is 10.6 Å². The summed E-state index contributed by atoms with van der Waals surface area (Å²) in [5.74, 6) is -0.602. The standard InChI is InChI=1S/C22H19FN4O3/c1-12-20(15-3-7-16(23)8-4-15)21-25-22(30)18(27(21)26-12)11-19(29)24-17-9-5-14(6-10-17)13(2)28/h3-10,18H,11H2,1-2H3,(H,24,29)(H,25,30). The molecule has 2 aromatic carbocycles. The van der Waals surface area contributed by atoms with Gasteiger partial charge in [0, 0.05) is 16.8 Å². The molecule has 0 radical (unpaired) electrons. The van der Waals surface area contributed by atoms with E-state index < -0.39 is 6.04 Å². The van der Waals surface area contributed by atoms with E-state index in [1.165, 1.54) is 23.7 Å². The second kappa shape index (κ2) is 7.55. The van der Waals surface area contributed by atoms with Crippen molar-refractivity contribution < 1.29 is 18.8 Å². The minimum Gasteiger partial charge on any atom is -0.326 e. The number of nitrogens with zero attached hydrogens (tertiary/aromatic N) is 2. The molecule has 1 atom stereocenters. The molecule has 1 aliphatic rings. The first kappa shape index (κ1) is 19.5. The number of carbonyl (C=O) groups excluding carboxylic acids is 3. The predicted octanol–water partition coefficient (Wildman–Crippen LogP) is 3.72. The number of fused-ring (bicyclic) bond motifs is 1. The van der Waals surface area contributed by atoms with E-state index >= 15 is 0 Å². The van der Waals surface area contributed by atoms with E-state index in [1.54, 1.807) is 43.3 Å². The third-order valence-corrected chi connectivity index (χ3v) is 5.01. The number of aromatic nitrogens is 2. The Balaban J connectivity index is 1.53. The number of hydrogen-bond donors (Lipinski definition) is 2. The maximum Gasteiger partial charge on any atom is 0.251 e. The molecule has 0 saturated carbocycles. The molecule has 0 saturated heterocycles. The molecular weight excluding hydrogens is 387 g/mol. The number of halogens is 1. The molecular formula is C22H19FN4O3. The normalized spacial score (nSPS) is 14.9. The molecule has 1 aliphatic heterocycles. The molecule has 1 unspecified atom stereocenters. The van der Waals surface area contributed by atoms with Crippen molar-refractivity contribution in [3.05, 3.63) is 65.6 Å². The van der Waals surface area contributed by atoms with Crippen molar-refractivity contribution in [2.24, 2.45) is 0 Å². The van der Waals surface area contributed by atoms with E-state index in [0.717, 1.165) is 5.56 Å². The van der Waals surface area contributed by atoms with E-state index in [1.807, 2.05) is 0 Å². The van der Waals surface area contributed by atoms with E-state index in [-0.39, 0.29) is 29.8 Å². The third kappa shape index (κ3) is 3.59. The van der Waals surface area contributed by atoms with Gasteiger partial charge in [0.15, 0.2) is 5.78 Å². The zero-order chi connectivity index (χ0) is 21.4. The monoisotopic (exact) mass is 406 g/mol. The first-order valence-electron chi connectivity index (χ1n) is 9.40. The second-order valence-corrected chi connectivity index (χ2v) is 7.15. The highest BCUT2D eigenvalue weighted by molar-refractivity contribution is 6.04. The summed E-state index contributed by atoms with van der Waals surface area (Å²) >= 11 is 0. The number of anilines is 2. The molecule has 152 valence electrons. The number of ketones is 1. The minimum atomic E-state index is -0.788. The quantitative estimate of drug-likeness (QED) is 0.632. The van der Waals surface area contributed by atoms with Crippen LogP contribution in [0.4, 0.5) is 15.9 Å². The Morgan fingerprint density at radius 2 is 1.80 bits per heavy atom. The second-order valence-electron chi connectivity index (χ2n) is 7.15. The van der Waals surface area contributed by atoms with Crippen LogP contribution in [0.5, 0.6) is 0 Å². The Morgan fingerprint density at radius 1 is 1.13 bits per heavy atom. The van der Waals surface area contributed by atoms with Crippen LogP contribution in [0.15, 0.2) is 48.5 Å². The van der Waals surface area contributed by atoms with Gasteiger partial charge in [0.05, 0.1) is 12.1 Å². The summed E-state index contributed by atoms with van der Waals surface area (Å²) in [6, 6.07) is 11.7. The SMILES string of the molecule is CC(=O)c1ccc(NC(=O)CC2C(=O)Nc3c(-c4ccc(F)cc4)c(C)nn32)cc1. The number of aryl methyl sites for hydroxylation is 1. The highest BCUT2D eigenvalue weighted by Crippen LogP contribution is 2.38. The fourth-order valence-electron chi connectivity index (χ4n) is 3.52. The smallest absolute Gasteiger partial charge is 0.251 e. The van der Waals surface area contributed by atoms with Crippen LogP contribution in [-0.4, -0.2) is 27.4 Å². The maximum atomic E-state index is 13.3. The first-order valence-corrected chi connectivity index (χ1v) is 9.40. The molecule has 30 heavy (non-hydrogen) atoms. The Hall–Kier alpha value is -3.81. The summed E-state index contributed by atoms with van der Waals surface area (Å²) in [4.78, 5) is 36.4. The Labute approximate surface area is 171 Å². The fourth-order valence-corrected chi connectivity index (χ4v) is 3.52. The number of Topliss-reactive ketones (excluding diaryl/α,β-unsaturated/α-hetero) is 1. The lowest BCUT2D eigenvalue weighted by molar-refractivity contribution is -0.123. The van der Waals surface area contributed by atoms with E-state index in [4.69, 9.17) is 0 Å². The van der Waals surface area contributed by atoms with Gasteiger partial charge in [0.2, 0.25) is 5.91 Å². The maximum absolute atomic E-state index is 13.3. The zero-order valence-corrected chi connectivity index (χ0v) is 16.4. The number of hydrogen-bond acceptors (Lipinski definition) is 4. The topological polar surface area (TPSA) is 93.1 Å². The van der Waals surface area contributed by atoms with Crippen LogP contribution in [0.25, 0.3) is 11.1 Å². The van der Waals surface area contributed by atoms with Crippen LogP contribution in [0.1, 0.15) is 35.4 Å². The van der Waals surface area contributed by atoms with Crippen LogP contribution in [0, 0.1) is 12.7 Å². The fraction of sp³-hybridized carbons (Fsp3) is 0.182. The molecule has 7 nitrogen and oxygen atoms in total. The van der Waals surface area contributed by atoms with Crippen LogP contribution in [0.2, 0.25) is 0 Å². The summed E-state index contributed by atoms with van der Waals surface area (Å²) < 4.78 is 14.8. The Bertz CT molecular complexity index is 1150. The molecule has 0 bridgehead atoms. The van der Waals surface area contributed by atoms with E-state index in [9.17, 15) is 18.8 Å². The number of benzene rings is 2. The van der Waals surface area contributed by atoms with Gasteiger partial charge in [-0.2, -0.15) is 5.10 Å². The molecule has 0 aliphatic carbocycles. The van der Waals surface area contributed by atoms with Crippen LogP contribution >= 0.6 is 0 Å². The van der Waals surface area contributed by atoms with Crippen molar-refractivity contribution in [3.63, 3.8) is 0 Å². The highest BCUT2D eigenvalue weighted by Gasteiger charge is 2.36. The molecule has 8 heteroatoms. The Morgan fingerprint density at radius 3 is 2.43 bits per heavy atom. The van der Waals surface area contributed by atoms with Gasteiger partial charge in [-0.15, -0.1) is 0 Å². The summed E-state index contributed by atoms with van der Waals surface area (Å²) in [5.41, 5.74) is 3.18. The van der Waals surface area contributed by atoms with Gasteiger partial charge < -0.3 is 10.6 Å². The number of rotatable bonds is 5. The lowest BCUT2D eigenvalue weighted by Crippen LogP contribution is -2.23. The van der Waals surface area contributed by atoms with Gasteiger partial charge in [-0.1, -0.05) is 12.1 Å². The number of amides is 2. The molecule has 3 aromatic rings. The molecule has 4 rings (SSSR count).